The maximum atomic E-state index is 12.7. The van der Waals surface area contributed by atoms with Crippen LogP contribution in [0, 0.1) is 13.8 Å². The number of hydrogen-bond acceptors (Lipinski definition) is 4. The van der Waals surface area contributed by atoms with E-state index in [0.29, 0.717) is 23.4 Å². The zero-order chi connectivity index (χ0) is 20.3. The SMILES string of the molecule is Cc1ccc(C(=O)NCc2cnn(C)c2)cc1NS(=O)(=O)c1ccccc1C. The molecule has 0 spiro atoms. The Hall–Kier alpha value is -3.13. The standard InChI is InChI=1S/C20H22N4O3S/c1-14-8-9-17(20(25)21-11-16-12-22-24(3)13-16)10-18(14)23-28(26,27)19-7-5-4-6-15(19)2/h4-10,12-13,23H,11H2,1-3H3,(H,21,25). The van der Waals surface area contributed by atoms with Gasteiger partial charge < -0.3 is 5.32 Å². The first-order valence-electron chi connectivity index (χ1n) is 8.71. The number of aryl methyl sites for hydroxylation is 3. The number of nitrogens with one attached hydrogen (secondary N) is 2. The van der Waals surface area contributed by atoms with Crippen LogP contribution in [0.5, 0.6) is 0 Å². The van der Waals surface area contributed by atoms with Crippen LogP contribution in [0.1, 0.15) is 27.0 Å². The number of benzene rings is 2. The molecule has 0 aliphatic heterocycles. The number of anilines is 1. The van der Waals surface area contributed by atoms with E-state index in [9.17, 15) is 13.2 Å². The first-order chi connectivity index (χ1) is 13.3. The van der Waals surface area contributed by atoms with Crippen LogP contribution in [0.3, 0.4) is 0 Å². The quantitative estimate of drug-likeness (QED) is 0.668. The van der Waals surface area contributed by atoms with E-state index < -0.39 is 10.0 Å². The van der Waals surface area contributed by atoms with Gasteiger partial charge >= 0.3 is 0 Å². The third-order valence-electron chi connectivity index (χ3n) is 4.34. The summed E-state index contributed by atoms with van der Waals surface area (Å²) in [4.78, 5) is 12.7. The number of carbonyl (C=O) groups is 1. The molecule has 3 aromatic rings. The smallest absolute Gasteiger partial charge is 0.262 e. The van der Waals surface area contributed by atoms with Gasteiger partial charge in [-0.15, -0.1) is 0 Å². The van der Waals surface area contributed by atoms with Gasteiger partial charge in [-0.05, 0) is 43.2 Å². The van der Waals surface area contributed by atoms with Gasteiger partial charge in [0.1, 0.15) is 0 Å². The average molecular weight is 398 g/mol. The lowest BCUT2D eigenvalue weighted by Gasteiger charge is -2.13. The molecule has 146 valence electrons. The van der Waals surface area contributed by atoms with Crippen LogP contribution in [0.4, 0.5) is 5.69 Å². The Balaban J connectivity index is 1.79. The highest BCUT2D eigenvalue weighted by Gasteiger charge is 2.18. The zero-order valence-corrected chi connectivity index (χ0v) is 16.7. The van der Waals surface area contributed by atoms with Crippen LogP contribution in [0.15, 0.2) is 59.8 Å². The van der Waals surface area contributed by atoms with Crippen molar-refractivity contribution in [3.8, 4) is 0 Å². The Morgan fingerprint density at radius 3 is 2.54 bits per heavy atom. The molecule has 0 bridgehead atoms. The summed E-state index contributed by atoms with van der Waals surface area (Å²) >= 11 is 0. The third kappa shape index (κ3) is 4.40. The summed E-state index contributed by atoms with van der Waals surface area (Å²) in [6.45, 7) is 3.86. The normalized spacial score (nSPS) is 11.2. The highest BCUT2D eigenvalue weighted by atomic mass is 32.2. The van der Waals surface area contributed by atoms with Crippen LogP contribution in [0.25, 0.3) is 0 Å². The lowest BCUT2D eigenvalue weighted by Crippen LogP contribution is -2.23. The van der Waals surface area contributed by atoms with Crippen LogP contribution >= 0.6 is 0 Å². The fourth-order valence-corrected chi connectivity index (χ4v) is 4.15. The van der Waals surface area contributed by atoms with Crippen molar-refractivity contribution in [2.24, 2.45) is 7.05 Å². The molecule has 2 aromatic carbocycles. The van der Waals surface area contributed by atoms with E-state index in [-0.39, 0.29) is 10.8 Å². The summed E-state index contributed by atoms with van der Waals surface area (Å²) in [6.07, 6.45) is 3.49. The summed E-state index contributed by atoms with van der Waals surface area (Å²) < 4.78 is 29.7. The molecule has 0 unspecified atom stereocenters. The van der Waals surface area contributed by atoms with Crippen molar-refractivity contribution in [3.63, 3.8) is 0 Å². The molecule has 1 aromatic heterocycles. The first-order valence-corrected chi connectivity index (χ1v) is 10.2. The van der Waals surface area contributed by atoms with Crippen LogP contribution < -0.4 is 10.0 Å². The number of hydrogen-bond donors (Lipinski definition) is 2. The molecule has 2 N–H and O–H groups in total. The maximum absolute atomic E-state index is 12.7. The highest BCUT2D eigenvalue weighted by molar-refractivity contribution is 7.92. The van der Waals surface area contributed by atoms with E-state index in [2.05, 4.69) is 15.1 Å². The van der Waals surface area contributed by atoms with Gasteiger partial charge in [0.05, 0.1) is 16.8 Å². The van der Waals surface area contributed by atoms with E-state index in [4.69, 9.17) is 0 Å². The van der Waals surface area contributed by atoms with Gasteiger partial charge in [-0.1, -0.05) is 24.3 Å². The second-order valence-electron chi connectivity index (χ2n) is 6.61. The van der Waals surface area contributed by atoms with E-state index in [0.717, 1.165) is 11.1 Å². The molecule has 0 atom stereocenters. The van der Waals surface area contributed by atoms with Gasteiger partial charge in [-0.2, -0.15) is 5.10 Å². The number of sulfonamides is 1. The summed E-state index contributed by atoms with van der Waals surface area (Å²) in [5.74, 6) is -0.291. The van der Waals surface area contributed by atoms with Crippen molar-refractivity contribution >= 4 is 21.6 Å². The van der Waals surface area contributed by atoms with Gasteiger partial charge in [0, 0.05) is 30.9 Å². The molecular formula is C20H22N4O3S. The number of amides is 1. The Kier molecular flexibility index (Phi) is 5.51. The van der Waals surface area contributed by atoms with Crippen molar-refractivity contribution in [1.82, 2.24) is 15.1 Å². The molecule has 0 fully saturated rings. The summed E-state index contributed by atoms with van der Waals surface area (Å²) in [6, 6.07) is 11.7. The second-order valence-corrected chi connectivity index (χ2v) is 8.26. The van der Waals surface area contributed by atoms with Crippen LogP contribution in [0.2, 0.25) is 0 Å². The van der Waals surface area contributed by atoms with Gasteiger partial charge in [-0.25, -0.2) is 8.42 Å². The van der Waals surface area contributed by atoms with Crippen LogP contribution in [-0.2, 0) is 23.6 Å². The van der Waals surface area contributed by atoms with E-state index in [1.165, 1.54) is 0 Å². The van der Waals surface area contributed by atoms with E-state index in [1.54, 1.807) is 74.2 Å². The predicted molar refractivity (Wildman–Crippen MR) is 108 cm³/mol. The predicted octanol–water partition coefficient (Wildman–Crippen LogP) is 2.77. The molecule has 28 heavy (non-hydrogen) atoms. The number of carbonyl (C=O) groups excluding carboxylic acids is 1. The third-order valence-corrected chi connectivity index (χ3v) is 5.86. The van der Waals surface area contributed by atoms with E-state index in [1.807, 2.05) is 6.20 Å². The molecule has 3 rings (SSSR count). The van der Waals surface area contributed by atoms with Crippen molar-refractivity contribution in [1.29, 1.82) is 0 Å². The Morgan fingerprint density at radius 2 is 1.86 bits per heavy atom. The molecular weight excluding hydrogens is 376 g/mol. The van der Waals surface area contributed by atoms with Crippen molar-refractivity contribution in [3.05, 3.63) is 77.1 Å². The Labute approximate surface area is 164 Å². The molecule has 1 amide bonds. The fourth-order valence-electron chi connectivity index (χ4n) is 2.78. The van der Waals surface area contributed by atoms with Gasteiger partial charge in [0.15, 0.2) is 0 Å². The summed E-state index contributed by atoms with van der Waals surface area (Å²) in [5, 5.41) is 6.87. The minimum absolute atomic E-state index is 0.209. The highest BCUT2D eigenvalue weighted by Crippen LogP contribution is 2.23. The van der Waals surface area contributed by atoms with Gasteiger partial charge in [-0.3, -0.25) is 14.2 Å². The number of aromatic nitrogens is 2. The lowest BCUT2D eigenvalue weighted by molar-refractivity contribution is 0.0951. The number of rotatable bonds is 6. The Morgan fingerprint density at radius 1 is 1.11 bits per heavy atom. The summed E-state index contributed by atoms with van der Waals surface area (Å²) in [5.41, 5.74) is 3.00. The topological polar surface area (TPSA) is 93.1 Å². The largest absolute Gasteiger partial charge is 0.348 e. The lowest BCUT2D eigenvalue weighted by atomic mass is 10.1. The molecule has 7 nitrogen and oxygen atoms in total. The first kappa shape index (κ1) is 19.6. The molecule has 0 aliphatic carbocycles. The van der Waals surface area contributed by atoms with Crippen LogP contribution in [-0.4, -0.2) is 24.1 Å². The zero-order valence-electron chi connectivity index (χ0n) is 15.9. The Bertz CT molecular complexity index is 1120. The molecule has 0 saturated heterocycles. The average Bonchev–Trinajstić information content (AvgIpc) is 3.07. The molecule has 0 aliphatic rings. The molecule has 1 heterocycles. The number of nitrogens with zero attached hydrogens (tertiary/aromatic N) is 2. The molecule has 0 saturated carbocycles. The van der Waals surface area contributed by atoms with Crippen molar-refractivity contribution in [2.45, 2.75) is 25.3 Å². The summed E-state index contributed by atoms with van der Waals surface area (Å²) in [7, 11) is -1.95. The second kappa shape index (κ2) is 7.85. The maximum Gasteiger partial charge on any atom is 0.262 e. The molecule has 8 heteroatoms. The van der Waals surface area contributed by atoms with Gasteiger partial charge in [0.2, 0.25) is 0 Å². The van der Waals surface area contributed by atoms with Crippen molar-refractivity contribution < 1.29 is 13.2 Å². The minimum Gasteiger partial charge on any atom is -0.348 e. The fraction of sp³-hybridized carbons (Fsp3) is 0.200. The van der Waals surface area contributed by atoms with E-state index >= 15 is 0 Å². The van der Waals surface area contributed by atoms with Crippen molar-refractivity contribution in [2.75, 3.05) is 4.72 Å². The van der Waals surface area contributed by atoms with Gasteiger partial charge in [0.25, 0.3) is 15.9 Å². The molecule has 0 radical (unpaired) electrons. The minimum atomic E-state index is -3.75. The monoisotopic (exact) mass is 398 g/mol.